The van der Waals surface area contributed by atoms with Crippen LogP contribution in [0.1, 0.15) is 36.0 Å². The fraction of sp³-hybridized carbons (Fsp3) is 0.316. The molecule has 1 aromatic heterocycles. The van der Waals surface area contributed by atoms with Crippen molar-refractivity contribution in [3.8, 4) is 11.3 Å². The van der Waals surface area contributed by atoms with E-state index in [9.17, 15) is 14.4 Å². The molecule has 0 saturated heterocycles. The number of rotatable bonds is 5. The molecule has 1 saturated carbocycles. The standard InChI is InChI=1S/C19H21N3O3/c20-17(23)12-22(14-8-4-5-9-14)19(25)15-10-11-16(21-18(15)24)13-6-2-1-3-7-13/h1-3,6-7,10-11,14H,4-5,8-9,12H2,(H2,20,23)(H,21,24). The van der Waals surface area contributed by atoms with Gasteiger partial charge in [-0.05, 0) is 30.5 Å². The fourth-order valence-electron chi connectivity index (χ4n) is 3.33. The SMILES string of the molecule is NC(=O)CN(C(=O)c1ccc(-c2ccccc2)[nH]c1=O)C1CCCC1. The number of amides is 2. The smallest absolute Gasteiger partial charge is 0.261 e. The van der Waals surface area contributed by atoms with Crippen LogP contribution in [-0.4, -0.2) is 34.3 Å². The first-order valence-corrected chi connectivity index (χ1v) is 8.44. The highest BCUT2D eigenvalue weighted by molar-refractivity contribution is 5.96. The van der Waals surface area contributed by atoms with Gasteiger partial charge in [0, 0.05) is 11.7 Å². The van der Waals surface area contributed by atoms with E-state index in [0.717, 1.165) is 31.2 Å². The summed E-state index contributed by atoms with van der Waals surface area (Å²) < 4.78 is 0. The number of nitrogens with two attached hydrogens (primary N) is 1. The van der Waals surface area contributed by atoms with E-state index in [-0.39, 0.29) is 18.2 Å². The summed E-state index contributed by atoms with van der Waals surface area (Å²) >= 11 is 0. The number of aromatic amines is 1. The number of hydrogen-bond acceptors (Lipinski definition) is 3. The van der Waals surface area contributed by atoms with Gasteiger partial charge in [0.25, 0.3) is 11.5 Å². The number of aromatic nitrogens is 1. The first kappa shape index (κ1) is 17.0. The topological polar surface area (TPSA) is 96.3 Å². The van der Waals surface area contributed by atoms with Crippen molar-refractivity contribution in [3.63, 3.8) is 0 Å². The summed E-state index contributed by atoms with van der Waals surface area (Å²) in [6, 6.07) is 12.6. The highest BCUT2D eigenvalue weighted by Crippen LogP contribution is 2.24. The predicted molar refractivity (Wildman–Crippen MR) is 95.0 cm³/mol. The van der Waals surface area contributed by atoms with Crippen molar-refractivity contribution in [2.45, 2.75) is 31.7 Å². The van der Waals surface area contributed by atoms with Crippen LogP contribution in [0.15, 0.2) is 47.3 Å². The maximum atomic E-state index is 12.8. The van der Waals surface area contributed by atoms with Gasteiger partial charge in [-0.1, -0.05) is 43.2 Å². The van der Waals surface area contributed by atoms with Crippen molar-refractivity contribution < 1.29 is 9.59 Å². The Bertz CT molecular complexity index is 823. The molecule has 25 heavy (non-hydrogen) atoms. The molecule has 3 rings (SSSR count). The average Bonchev–Trinajstić information content (AvgIpc) is 3.14. The highest BCUT2D eigenvalue weighted by Gasteiger charge is 2.29. The molecule has 0 unspecified atom stereocenters. The minimum atomic E-state index is -0.572. The molecule has 3 N–H and O–H groups in total. The molecule has 1 heterocycles. The zero-order valence-electron chi connectivity index (χ0n) is 13.9. The lowest BCUT2D eigenvalue weighted by molar-refractivity contribution is -0.119. The number of pyridine rings is 1. The van der Waals surface area contributed by atoms with Crippen LogP contribution in [0.25, 0.3) is 11.3 Å². The van der Waals surface area contributed by atoms with E-state index >= 15 is 0 Å². The summed E-state index contributed by atoms with van der Waals surface area (Å²) in [5, 5.41) is 0. The molecule has 1 aliphatic carbocycles. The van der Waals surface area contributed by atoms with Gasteiger partial charge < -0.3 is 15.6 Å². The van der Waals surface area contributed by atoms with E-state index in [2.05, 4.69) is 4.98 Å². The Hall–Kier alpha value is -2.89. The van der Waals surface area contributed by atoms with Crippen LogP contribution in [0.3, 0.4) is 0 Å². The Morgan fingerprint density at radius 2 is 1.76 bits per heavy atom. The third kappa shape index (κ3) is 3.79. The molecule has 0 spiro atoms. The van der Waals surface area contributed by atoms with Gasteiger partial charge in [-0.15, -0.1) is 0 Å². The van der Waals surface area contributed by atoms with Crippen LogP contribution < -0.4 is 11.3 Å². The van der Waals surface area contributed by atoms with Crippen molar-refractivity contribution in [1.82, 2.24) is 9.88 Å². The molecular weight excluding hydrogens is 318 g/mol. The number of nitrogens with zero attached hydrogens (tertiary/aromatic N) is 1. The third-order valence-electron chi connectivity index (χ3n) is 4.58. The van der Waals surface area contributed by atoms with Crippen LogP contribution in [-0.2, 0) is 4.79 Å². The van der Waals surface area contributed by atoms with Gasteiger partial charge in [-0.25, -0.2) is 0 Å². The van der Waals surface area contributed by atoms with E-state index in [0.29, 0.717) is 5.69 Å². The first-order chi connectivity index (χ1) is 12.1. The molecule has 6 heteroatoms. The minimum Gasteiger partial charge on any atom is -0.368 e. The van der Waals surface area contributed by atoms with E-state index in [1.54, 1.807) is 6.07 Å². The Labute approximate surface area is 145 Å². The number of hydrogen-bond donors (Lipinski definition) is 2. The van der Waals surface area contributed by atoms with Crippen LogP contribution in [0.4, 0.5) is 0 Å². The van der Waals surface area contributed by atoms with E-state index in [1.165, 1.54) is 11.0 Å². The second-order valence-corrected chi connectivity index (χ2v) is 6.32. The lowest BCUT2D eigenvalue weighted by Gasteiger charge is -2.27. The molecule has 0 bridgehead atoms. The predicted octanol–water partition coefficient (Wildman–Crippen LogP) is 1.91. The Kier molecular flexibility index (Phi) is 4.97. The van der Waals surface area contributed by atoms with Crippen molar-refractivity contribution in [3.05, 3.63) is 58.4 Å². The Morgan fingerprint density at radius 3 is 2.36 bits per heavy atom. The average molecular weight is 339 g/mol. The monoisotopic (exact) mass is 339 g/mol. The third-order valence-corrected chi connectivity index (χ3v) is 4.58. The van der Waals surface area contributed by atoms with Gasteiger partial charge in [-0.2, -0.15) is 0 Å². The van der Waals surface area contributed by atoms with Crippen LogP contribution in [0.2, 0.25) is 0 Å². The molecule has 1 aliphatic rings. The number of nitrogens with one attached hydrogen (secondary N) is 1. The molecule has 0 atom stereocenters. The molecule has 6 nitrogen and oxygen atoms in total. The number of benzene rings is 1. The summed E-state index contributed by atoms with van der Waals surface area (Å²) in [6.45, 7) is -0.163. The van der Waals surface area contributed by atoms with E-state index in [1.807, 2.05) is 30.3 Å². The maximum absolute atomic E-state index is 12.8. The zero-order valence-corrected chi connectivity index (χ0v) is 13.9. The second-order valence-electron chi connectivity index (χ2n) is 6.32. The van der Waals surface area contributed by atoms with Gasteiger partial charge in [0.15, 0.2) is 0 Å². The first-order valence-electron chi connectivity index (χ1n) is 8.44. The molecule has 2 amide bonds. The van der Waals surface area contributed by atoms with Crippen molar-refractivity contribution in [1.29, 1.82) is 0 Å². The van der Waals surface area contributed by atoms with Crippen molar-refractivity contribution in [2.75, 3.05) is 6.54 Å². The minimum absolute atomic E-state index is 0.0341. The Morgan fingerprint density at radius 1 is 1.08 bits per heavy atom. The highest BCUT2D eigenvalue weighted by atomic mass is 16.2. The number of carbonyl (C=O) groups excluding carboxylic acids is 2. The summed E-state index contributed by atoms with van der Waals surface area (Å²) in [5.74, 6) is -1.01. The molecular formula is C19H21N3O3. The molecule has 130 valence electrons. The van der Waals surface area contributed by atoms with E-state index in [4.69, 9.17) is 5.73 Å². The van der Waals surface area contributed by atoms with Crippen LogP contribution >= 0.6 is 0 Å². The largest absolute Gasteiger partial charge is 0.368 e. The normalized spacial score (nSPS) is 14.4. The zero-order chi connectivity index (χ0) is 17.8. The lowest BCUT2D eigenvalue weighted by atomic mass is 10.1. The lowest BCUT2D eigenvalue weighted by Crippen LogP contribution is -2.45. The molecule has 1 fully saturated rings. The van der Waals surface area contributed by atoms with Gasteiger partial charge in [0.05, 0.1) is 6.54 Å². The summed E-state index contributed by atoms with van der Waals surface area (Å²) in [6.07, 6.45) is 3.69. The van der Waals surface area contributed by atoms with Crippen molar-refractivity contribution >= 4 is 11.8 Å². The fourth-order valence-corrected chi connectivity index (χ4v) is 3.33. The van der Waals surface area contributed by atoms with E-state index < -0.39 is 17.4 Å². The van der Waals surface area contributed by atoms with Gasteiger partial charge >= 0.3 is 0 Å². The summed E-state index contributed by atoms with van der Waals surface area (Å²) in [7, 11) is 0. The number of H-pyrrole nitrogens is 1. The van der Waals surface area contributed by atoms with Crippen LogP contribution in [0, 0.1) is 0 Å². The second kappa shape index (κ2) is 7.34. The summed E-state index contributed by atoms with van der Waals surface area (Å²) in [5.41, 5.74) is 6.38. The molecule has 0 radical (unpaired) electrons. The quantitative estimate of drug-likeness (QED) is 0.871. The summed E-state index contributed by atoms with van der Waals surface area (Å²) in [4.78, 5) is 40.8. The van der Waals surface area contributed by atoms with Gasteiger partial charge in [-0.3, -0.25) is 14.4 Å². The van der Waals surface area contributed by atoms with Gasteiger partial charge in [0.2, 0.25) is 5.91 Å². The molecule has 0 aliphatic heterocycles. The van der Waals surface area contributed by atoms with Crippen LogP contribution in [0.5, 0.6) is 0 Å². The molecule has 1 aromatic carbocycles. The maximum Gasteiger partial charge on any atom is 0.261 e. The van der Waals surface area contributed by atoms with Gasteiger partial charge in [0.1, 0.15) is 5.56 Å². The number of primary amides is 1. The van der Waals surface area contributed by atoms with Crippen molar-refractivity contribution in [2.24, 2.45) is 5.73 Å². The molecule has 2 aromatic rings. The Balaban J connectivity index is 1.90. The number of carbonyl (C=O) groups is 2.